The Morgan fingerprint density at radius 3 is 2.73 bits per heavy atom. The predicted molar refractivity (Wildman–Crippen MR) is 66.1 cm³/mol. The second-order valence-electron chi connectivity index (χ2n) is 5.06. The molecule has 0 radical (unpaired) electrons. The van der Waals surface area contributed by atoms with Gasteiger partial charge in [0.15, 0.2) is 5.65 Å². The van der Waals surface area contributed by atoms with Crippen LogP contribution in [0.5, 0.6) is 0 Å². The molecule has 0 atom stereocenters. The quantitative estimate of drug-likeness (QED) is 0.770. The van der Waals surface area contributed by atoms with Crippen molar-refractivity contribution in [3.05, 3.63) is 34.7 Å². The highest BCUT2D eigenvalue weighted by atomic mass is 79.9. The molecule has 0 aliphatic rings. The van der Waals surface area contributed by atoms with Crippen LogP contribution in [0, 0.1) is 5.41 Å². The van der Waals surface area contributed by atoms with Crippen molar-refractivity contribution in [1.29, 1.82) is 0 Å². The maximum atomic E-state index is 4.61. The van der Waals surface area contributed by atoms with Gasteiger partial charge < -0.3 is 4.40 Å². The van der Waals surface area contributed by atoms with Gasteiger partial charge in [0.1, 0.15) is 0 Å². The molecule has 0 spiro atoms. The molecule has 0 bridgehead atoms. The van der Waals surface area contributed by atoms with Gasteiger partial charge in [-0.2, -0.15) is 0 Å². The van der Waals surface area contributed by atoms with Crippen LogP contribution >= 0.6 is 15.9 Å². The van der Waals surface area contributed by atoms with Crippen molar-refractivity contribution in [2.75, 3.05) is 0 Å². The van der Waals surface area contributed by atoms with Crippen LogP contribution in [-0.4, -0.2) is 9.38 Å². The first-order valence-electron chi connectivity index (χ1n) is 5.08. The van der Waals surface area contributed by atoms with Crippen molar-refractivity contribution in [2.24, 2.45) is 5.41 Å². The Bertz CT molecular complexity index is 480. The Kier molecular flexibility index (Phi) is 2.59. The van der Waals surface area contributed by atoms with E-state index in [4.69, 9.17) is 0 Å². The van der Waals surface area contributed by atoms with E-state index < -0.39 is 0 Å². The van der Waals surface area contributed by atoms with Crippen LogP contribution in [0.15, 0.2) is 29.0 Å². The molecule has 0 saturated heterocycles. The van der Waals surface area contributed by atoms with E-state index in [2.05, 4.69) is 52.3 Å². The van der Waals surface area contributed by atoms with Crippen LogP contribution in [0.1, 0.15) is 26.5 Å². The summed E-state index contributed by atoms with van der Waals surface area (Å²) in [5, 5.41) is 0. The molecule has 2 nitrogen and oxygen atoms in total. The zero-order valence-electron chi connectivity index (χ0n) is 9.29. The monoisotopic (exact) mass is 266 g/mol. The average Bonchev–Trinajstić information content (AvgIpc) is 2.45. The van der Waals surface area contributed by atoms with Crippen LogP contribution in [0.3, 0.4) is 0 Å². The average molecular weight is 267 g/mol. The van der Waals surface area contributed by atoms with Crippen LogP contribution in [0.4, 0.5) is 0 Å². The summed E-state index contributed by atoms with van der Waals surface area (Å²) in [6.07, 6.45) is 5.13. The Morgan fingerprint density at radius 2 is 2.13 bits per heavy atom. The molecule has 0 aromatic carbocycles. The summed E-state index contributed by atoms with van der Waals surface area (Å²) in [5.74, 6) is 0. The first-order chi connectivity index (χ1) is 6.96. The van der Waals surface area contributed by atoms with Crippen molar-refractivity contribution in [3.8, 4) is 0 Å². The van der Waals surface area contributed by atoms with E-state index in [0.717, 1.165) is 22.2 Å². The van der Waals surface area contributed by atoms with Gasteiger partial charge in [-0.3, -0.25) is 0 Å². The highest BCUT2D eigenvalue weighted by Gasteiger charge is 2.14. The van der Waals surface area contributed by atoms with Crippen molar-refractivity contribution in [3.63, 3.8) is 0 Å². The molecule has 0 aliphatic heterocycles. The van der Waals surface area contributed by atoms with Crippen molar-refractivity contribution in [2.45, 2.75) is 27.2 Å². The minimum Gasteiger partial charge on any atom is -0.306 e. The number of rotatable bonds is 1. The lowest BCUT2D eigenvalue weighted by Gasteiger charge is -2.15. The van der Waals surface area contributed by atoms with Crippen molar-refractivity contribution < 1.29 is 0 Å². The lowest BCUT2D eigenvalue weighted by Crippen LogP contribution is -2.09. The molecule has 15 heavy (non-hydrogen) atoms. The minimum absolute atomic E-state index is 0.282. The number of fused-ring (bicyclic) bond motifs is 1. The summed E-state index contributed by atoms with van der Waals surface area (Å²) in [4.78, 5) is 4.61. The zero-order valence-corrected chi connectivity index (χ0v) is 10.9. The maximum Gasteiger partial charge on any atom is 0.151 e. The first-order valence-corrected chi connectivity index (χ1v) is 5.87. The van der Waals surface area contributed by atoms with Gasteiger partial charge in [-0.05, 0) is 39.9 Å². The SMILES string of the molecule is CC(C)(C)Cc1cn2cccc(Br)c2n1. The molecule has 80 valence electrons. The molecule has 0 N–H and O–H groups in total. The summed E-state index contributed by atoms with van der Waals surface area (Å²) < 4.78 is 3.11. The van der Waals surface area contributed by atoms with Crippen molar-refractivity contribution >= 4 is 21.6 Å². The van der Waals surface area contributed by atoms with Crippen molar-refractivity contribution in [1.82, 2.24) is 9.38 Å². The molecule has 2 aromatic heterocycles. The fraction of sp³-hybridized carbons (Fsp3) is 0.417. The summed E-state index contributed by atoms with van der Waals surface area (Å²) >= 11 is 3.51. The van der Waals surface area contributed by atoms with E-state index in [1.807, 2.05) is 18.3 Å². The van der Waals surface area contributed by atoms with E-state index in [9.17, 15) is 0 Å². The molecule has 0 aliphatic carbocycles. The van der Waals surface area contributed by atoms with Gasteiger partial charge in [0.25, 0.3) is 0 Å². The Labute approximate surface area is 98.5 Å². The van der Waals surface area contributed by atoms with Crippen LogP contribution < -0.4 is 0 Å². The molecule has 2 heterocycles. The van der Waals surface area contributed by atoms with Gasteiger partial charge >= 0.3 is 0 Å². The number of aromatic nitrogens is 2. The molecule has 0 unspecified atom stereocenters. The third kappa shape index (κ3) is 2.40. The minimum atomic E-state index is 0.282. The standard InChI is InChI=1S/C12H15BrN2/c1-12(2,3)7-9-8-15-6-4-5-10(13)11(15)14-9/h4-6,8H,7H2,1-3H3. The second-order valence-corrected chi connectivity index (χ2v) is 5.91. The van der Waals surface area contributed by atoms with E-state index >= 15 is 0 Å². The molecule has 0 saturated carbocycles. The highest BCUT2D eigenvalue weighted by Crippen LogP contribution is 2.22. The molecular formula is C12H15BrN2. The normalized spacial score (nSPS) is 12.3. The molecule has 2 aromatic rings. The summed E-state index contributed by atoms with van der Waals surface area (Å²) in [5.41, 5.74) is 2.43. The van der Waals surface area contributed by atoms with Crippen LogP contribution in [-0.2, 0) is 6.42 Å². The Morgan fingerprint density at radius 1 is 1.40 bits per heavy atom. The number of imidazole rings is 1. The summed E-state index contributed by atoms with van der Waals surface area (Å²) in [6.45, 7) is 6.68. The number of nitrogens with zero attached hydrogens (tertiary/aromatic N) is 2. The van der Waals surface area contributed by atoms with E-state index in [1.54, 1.807) is 0 Å². The molecule has 0 fully saturated rings. The van der Waals surface area contributed by atoms with Gasteiger partial charge in [-0.15, -0.1) is 0 Å². The number of halogens is 1. The van der Waals surface area contributed by atoms with E-state index in [-0.39, 0.29) is 5.41 Å². The van der Waals surface area contributed by atoms with Crippen LogP contribution in [0.25, 0.3) is 5.65 Å². The van der Waals surface area contributed by atoms with Crippen LogP contribution in [0.2, 0.25) is 0 Å². The Hall–Kier alpha value is -0.830. The van der Waals surface area contributed by atoms with Gasteiger partial charge in [-0.25, -0.2) is 4.98 Å². The lowest BCUT2D eigenvalue weighted by atomic mass is 9.91. The highest BCUT2D eigenvalue weighted by molar-refractivity contribution is 9.10. The molecule has 2 rings (SSSR count). The number of hydrogen-bond donors (Lipinski definition) is 0. The third-order valence-corrected chi connectivity index (χ3v) is 2.82. The summed E-state index contributed by atoms with van der Waals surface area (Å²) in [7, 11) is 0. The largest absolute Gasteiger partial charge is 0.306 e. The smallest absolute Gasteiger partial charge is 0.151 e. The predicted octanol–water partition coefficient (Wildman–Crippen LogP) is 3.69. The van der Waals surface area contributed by atoms with Gasteiger partial charge in [0.05, 0.1) is 10.2 Å². The number of hydrogen-bond acceptors (Lipinski definition) is 1. The molecular weight excluding hydrogens is 252 g/mol. The fourth-order valence-electron chi connectivity index (χ4n) is 1.66. The lowest BCUT2D eigenvalue weighted by molar-refractivity contribution is 0.407. The van der Waals surface area contributed by atoms with Gasteiger partial charge in [-0.1, -0.05) is 20.8 Å². The second kappa shape index (κ2) is 3.63. The first kappa shape index (κ1) is 10.7. The number of pyridine rings is 1. The third-order valence-electron chi connectivity index (χ3n) is 2.20. The van der Waals surface area contributed by atoms with E-state index in [1.165, 1.54) is 0 Å². The summed E-state index contributed by atoms with van der Waals surface area (Å²) in [6, 6.07) is 4.03. The zero-order chi connectivity index (χ0) is 11.1. The maximum absolute atomic E-state index is 4.61. The topological polar surface area (TPSA) is 17.3 Å². The van der Waals surface area contributed by atoms with E-state index in [0.29, 0.717) is 0 Å². The van der Waals surface area contributed by atoms with Gasteiger partial charge in [0.2, 0.25) is 0 Å². The fourth-order valence-corrected chi connectivity index (χ4v) is 2.10. The Balaban J connectivity index is 2.44. The molecule has 0 amide bonds. The van der Waals surface area contributed by atoms with Gasteiger partial charge in [0, 0.05) is 12.4 Å². The molecule has 3 heteroatoms.